The lowest BCUT2D eigenvalue weighted by atomic mass is 9.96. The van der Waals surface area contributed by atoms with Crippen LogP contribution in [0, 0.1) is 11.8 Å². The van der Waals surface area contributed by atoms with Crippen molar-refractivity contribution in [3.63, 3.8) is 0 Å². The summed E-state index contributed by atoms with van der Waals surface area (Å²) in [5, 5.41) is 12.6. The molecular weight excluding hydrogens is 198 g/mol. The van der Waals surface area contributed by atoms with Crippen LogP contribution in [-0.4, -0.2) is 24.3 Å². The van der Waals surface area contributed by atoms with Gasteiger partial charge in [-0.2, -0.15) is 0 Å². The first-order chi connectivity index (χ1) is 7.65. The van der Waals surface area contributed by atoms with Gasteiger partial charge in [-0.3, -0.25) is 0 Å². The lowest BCUT2D eigenvalue weighted by Crippen LogP contribution is -2.37. The van der Waals surface area contributed by atoms with E-state index in [1.807, 2.05) is 0 Å². The van der Waals surface area contributed by atoms with Gasteiger partial charge in [-0.05, 0) is 31.2 Å². The Labute approximate surface area is 102 Å². The topological polar surface area (TPSA) is 32.3 Å². The van der Waals surface area contributed by atoms with Gasteiger partial charge < -0.3 is 10.4 Å². The van der Waals surface area contributed by atoms with Crippen LogP contribution in [0.2, 0.25) is 0 Å². The molecule has 0 spiro atoms. The minimum absolute atomic E-state index is 0.293. The molecule has 2 nitrogen and oxygen atoms in total. The fourth-order valence-electron chi connectivity index (χ4n) is 2.07. The Morgan fingerprint density at radius 2 is 1.81 bits per heavy atom. The number of aliphatic hydroxyl groups is 1. The summed E-state index contributed by atoms with van der Waals surface area (Å²) in [6.07, 6.45) is 6.11. The Kier molecular flexibility index (Phi) is 10.0. The predicted octanol–water partition coefficient (Wildman–Crippen LogP) is 3.20. The molecule has 2 N–H and O–H groups in total. The first-order valence-corrected chi connectivity index (χ1v) is 6.99. The van der Waals surface area contributed by atoms with Crippen LogP contribution >= 0.6 is 0 Å². The number of rotatable bonds is 10. The molecule has 0 radical (unpaired) electrons. The molecule has 0 heterocycles. The molecule has 0 aliphatic heterocycles. The van der Waals surface area contributed by atoms with Gasteiger partial charge in [-0.15, -0.1) is 0 Å². The van der Waals surface area contributed by atoms with Crippen LogP contribution in [0.15, 0.2) is 0 Å². The molecule has 2 atom stereocenters. The molecule has 0 fully saturated rings. The summed E-state index contributed by atoms with van der Waals surface area (Å²) in [7, 11) is 0. The Hall–Kier alpha value is -0.0800. The van der Waals surface area contributed by atoms with E-state index in [0.29, 0.717) is 18.6 Å². The summed E-state index contributed by atoms with van der Waals surface area (Å²) in [6, 6.07) is 0.473. The Morgan fingerprint density at radius 1 is 1.12 bits per heavy atom. The molecule has 0 aromatic heterocycles. The molecule has 0 amide bonds. The summed E-state index contributed by atoms with van der Waals surface area (Å²) < 4.78 is 0. The lowest BCUT2D eigenvalue weighted by molar-refractivity contribution is 0.237. The van der Waals surface area contributed by atoms with Crippen LogP contribution in [0.25, 0.3) is 0 Å². The highest BCUT2D eigenvalue weighted by molar-refractivity contribution is 4.72. The van der Waals surface area contributed by atoms with Gasteiger partial charge in [0.15, 0.2) is 0 Å². The van der Waals surface area contributed by atoms with Crippen molar-refractivity contribution in [2.24, 2.45) is 11.8 Å². The van der Waals surface area contributed by atoms with Crippen LogP contribution in [0.1, 0.15) is 59.8 Å². The molecule has 0 aliphatic rings. The molecule has 0 aliphatic carbocycles. The first-order valence-electron chi connectivity index (χ1n) is 6.99. The van der Waals surface area contributed by atoms with E-state index in [9.17, 15) is 0 Å². The van der Waals surface area contributed by atoms with E-state index < -0.39 is 0 Å². The number of hydrogen-bond acceptors (Lipinski definition) is 2. The number of unbranched alkanes of at least 4 members (excludes halogenated alkanes) is 1. The second-order valence-corrected chi connectivity index (χ2v) is 5.19. The third kappa shape index (κ3) is 7.24. The van der Waals surface area contributed by atoms with Crippen LogP contribution < -0.4 is 5.32 Å². The second kappa shape index (κ2) is 10.1. The third-order valence-corrected chi connectivity index (χ3v) is 3.46. The van der Waals surface area contributed by atoms with E-state index in [0.717, 1.165) is 18.9 Å². The first kappa shape index (κ1) is 15.9. The number of aliphatic hydroxyl groups excluding tert-OH is 1. The van der Waals surface area contributed by atoms with Crippen molar-refractivity contribution in [2.45, 2.75) is 65.8 Å². The summed E-state index contributed by atoms with van der Waals surface area (Å²) in [4.78, 5) is 0. The molecule has 98 valence electrons. The molecule has 0 saturated carbocycles. The molecule has 2 heteroatoms. The van der Waals surface area contributed by atoms with E-state index in [1.54, 1.807) is 0 Å². The van der Waals surface area contributed by atoms with Crippen LogP contribution in [-0.2, 0) is 0 Å². The molecule has 2 unspecified atom stereocenters. The van der Waals surface area contributed by atoms with E-state index >= 15 is 0 Å². The maximum Gasteiger partial charge on any atom is 0.0445 e. The van der Waals surface area contributed by atoms with Crippen molar-refractivity contribution < 1.29 is 5.11 Å². The van der Waals surface area contributed by atoms with Crippen molar-refractivity contribution in [3.05, 3.63) is 0 Å². The normalized spacial score (nSPS) is 15.4. The van der Waals surface area contributed by atoms with E-state index in [2.05, 4.69) is 33.0 Å². The van der Waals surface area contributed by atoms with Crippen molar-refractivity contribution >= 4 is 0 Å². The third-order valence-electron chi connectivity index (χ3n) is 3.46. The Bertz CT molecular complexity index is 148. The standard InChI is InChI=1S/C14H31NO/c1-5-7-8-13(6-2)11-15-14(9-10-16)12(3)4/h12-16H,5-11H2,1-4H3. The van der Waals surface area contributed by atoms with Gasteiger partial charge in [0.1, 0.15) is 0 Å². The minimum atomic E-state index is 0.293. The zero-order valence-electron chi connectivity index (χ0n) is 11.6. The molecular formula is C14H31NO. The highest BCUT2D eigenvalue weighted by Gasteiger charge is 2.14. The minimum Gasteiger partial charge on any atom is -0.396 e. The summed E-state index contributed by atoms with van der Waals surface area (Å²) in [6.45, 7) is 10.4. The quantitative estimate of drug-likeness (QED) is 0.603. The SMILES string of the molecule is CCCCC(CC)CNC(CCO)C(C)C. The van der Waals surface area contributed by atoms with E-state index in [1.165, 1.54) is 25.7 Å². The Balaban J connectivity index is 3.86. The predicted molar refractivity (Wildman–Crippen MR) is 71.6 cm³/mol. The van der Waals surface area contributed by atoms with Gasteiger partial charge >= 0.3 is 0 Å². The fraction of sp³-hybridized carbons (Fsp3) is 1.00. The lowest BCUT2D eigenvalue weighted by Gasteiger charge is -2.24. The second-order valence-electron chi connectivity index (χ2n) is 5.19. The summed E-state index contributed by atoms with van der Waals surface area (Å²) in [5.74, 6) is 1.41. The van der Waals surface area contributed by atoms with Crippen molar-refractivity contribution in [1.29, 1.82) is 0 Å². The van der Waals surface area contributed by atoms with Crippen LogP contribution in [0.5, 0.6) is 0 Å². The average Bonchev–Trinajstić information content (AvgIpc) is 2.27. The molecule has 0 aromatic carbocycles. The van der Waals surface area contributed by atoms with E-state index in [4.69, 9.17) is 5.11 Å². The van der Waals surface area contributed by atoms with Crippen LogP contribution in [0.4, 0.5) is 0 Å². The van der Waals surface area contributed by atoms with Gasteiger partial charge in [0, 0.05) is 12.6 Å². The average molecular weight is 229 g/mol. The monoisotopic (exact) mass is 229 g/mol. The molecule has 16 heavy (non-hydrogen) atoms. The van der Waals surface area contributed by atoms with Gasteiger partial charge in [-0.1, -0.05) is 47.0 Å². The number of nitrogens with one attached hydrogen (secondary N) is 1. The van der Waals surface area contributed by atoms with Crippen LogP contribution in [0.3, 0.4) is 0 Å². The Morgan fingerprint density at radius 3 is 2.25 bits per heavy atom. The van der Waals surface area contributed by atoms with Crippen molar-refractivity contribution in [2.75, 3.05) is 13.2 Å². The largest absolute Gasteiger partial charge is 0.396 e. The summed E-state index contributed by atoms with van der Waals surface area (Å²) in [5.41, 5.74) is 0. The molecule has 0 bridgehead atoms. The van der Waals surface area contributed by atoms with Gasteiger partial charge in [-0.25, -0.2) is 0 Å². The number of hydrogen-bond donors (Lipinski definition) is 2. The van der Waals surface area contributed by atoms with Gasteiger partial charge in [0.2, 0.25) is 0 Å². The maximum absolute atomic E-state index is 9.01. The van der Waals surface area contributed by atoms with Gasteiger partial charge in [0.25, 0.3) is 0 Å². The van der Waals surface area contributed by atoms with E-state index in [-0.39, 0.29) is 0 Å². The maximum atomic E-state index is 9.01. The molecule has 0 rings (SSSR count). The smallest absolute Gasteiger partial charge is 0.0445 e. The zero-order chi connectivity index (χ0) is 12.4. The highest BCUT2D eigenvalue weighted by Crippen LogP contribution is 2.13. The zero-order valence-corrected chi connectivity index (χ0v) is 11.6. The molecule has 0 saturated heterocycles. The fourth-order valence-corrected chi connectivity index (χ4v) is 2.07. The summed E-state index contributed by atoms with van der Waals surface area (Å²) >= 11 is 0. The highest BCUT2D eigenvalue weighted by atomic mass is 16.3. The molecule has 0 aromatic rings. The van der Waals surface area contributed by atoms with Crippen molar-refractivity contribution in [1.82, 2.24) is 5.32 Å². The van der Waals surface area contributed by atoms with Gasteiger partial charge in [0.05, 0.1) is 0 Å². The van der Waals surface area contributed by atoms with Crippen molar-refractivity contribution in [3.8, 4) is 0 Å².